The number of pyridine rings is 2. The Morgan fingerprint density at radius 2 is 1.16 bits per heavy atom. The van der Waals surface area contributed by atoms with E-state index < -0.39 is 0 Å². The molecule has 2 aromatic carbocycles. The second kappa shape index (κ2) is 11.9. The van der Waals surface area contributed by atoms with Crippen LogP contribution in [0.2, 0.25) is 0 Å². The van der Waals surface area contributed by atoms with Gasteiger partial charge in [0, 0.05) is 32.5 Å². The van der Waals surface area contributed by atoms with Gasteiger partial charge in [-0.15, -0.1) is 70.8 Å². The molecule has 241 valence electrons. The molecule has 4 aromatic rings. The van der Waals surface area contributed by atoms with Crippen LogP contribution in [0, 0.1) is 23.0 Å². The normalized spacial score (nSPS) is 20.7. The van der Waals surface area contributed by atoms with Gasteiger partial charge in [0.15, 0.2) is 0 Å². The molecule has 2 aliphatic rings. The molecule has 45 heavy (non-hydrogen) atoms. The number of aromatic nitrogens is 2. The van der Waals surface area contributed by atoms with Gasteiger partial charge in [0.05, 0.1) is 0 Å². The van der Waals surface area contributed by atoms with Crippen molar-refractivity contribution in [2.45, 2.75) is 118 Å². The standard InChI is InChI=1S/C31H44N.C11H8N.Ir/c1-26(2)15-16-27(3,4)22-17-20(13-14-21(22)26)25-18-23-24(19-32-25)29(7,8)31(11,12)30(9,10)28(23,5)6;1-2-6-10(7-3-1)11-8-4-5-9-12-11;/h14,17-19H,15-16H2,1-12H3;1-6,8-9H;/q2*-1;. The first-order chi connectivity index (χ1) is 20.3. The third-order valence-corrected chi connectivity index (χ3v) is 12.6. The van der Waals surface area contributed by atoms with E-state index in [1.165, 1.54) is 35.1 Å². The van der Waals surface area contributed by atoms with Gasteiger partial charge in [0.2, 0.25) is 0 Å². The van der Waals surface area contributed by atoms with Crippen LogP contribution < -0.4 is 0 Å². The van der Waals surface area contributed by atoms with E-state index in [-0.39, 0.29) is 52.6 Å². The van der Waals surface area contributed by atoms with Crippen LogP contribution in [0.1, 0.15) is 118 Å². The van der Waals surface area contributed by atoms with E-state index in [1.807, 2.05) is 42.5 Å². The quantitative estimate of drug-likeness (QED) is 0.190. The summed E-state index contributed by atoms with van der Waals surface area (Å²) in [5.74, 6) is 0. The summed E-state index contributed by atoms with van der Waals surface area (Å²) in [5, 5.41) is 0. The van der Waals surface area contributed by atoms with E-state index in [4.69, 9.17) is 4.98 Å². The Hall–Kier alpha value is -2.61. The van der Waals surface area contributed by atoms with Crippen molar-refractivity contribution in [3.05, 3.63) is 107 Å². The fourth-order valence-corrected chi connectivity index (χ4v) is 7.58. The summed E-state index contributed by atoms with van der Waals surface area (Å²) >= 11 is 0. The molecule has 0 saturated carbocycles. The summed E-state index contributed by atoms with van der Waals surface area (Å²) < 4.78 is 0. The Labute approximate surface area is 287 Å². The topological polar surface area (TPSA) is 25.8 Å². The summed E-state index contributed by atoms with van der Waals surface area (Å²) in [6, 6.07) is 27.5. The summed E-state index contributed by atoms with van der Waals surface area (Å²) in [7, 11) is 0. The van der Waals surface area contributed by atoms with Crippen LogP contribution in [0.4, 0.5) is 0 Å². The zero-order chi connectivity index (χ0) is 32.3. The number of rotatable bonds is 2. The molecule has 0 bridgehead atoms. The van der Waals surface area contributed by atoms with Crippen molar-refractivity contribution in [1.29, 1.82) is 0 Å². The van der Waals surface area contributed by atoms with Crippen molar-refractivity contribution in [1.82, 2.24) is 9.97 Å². The molecule has 0 amide bonds. The summed E-state index contributed by atoms with van der Waals surface area (Å²) in [5.41, 5.74) is 10.7. The third kappa shape index (κ3) is 5.78. The molecule has 0 atom stereocenters. The number of hydrogen-bond donors (Lipinski definition) is 0. The van der Waals surface area contributed by atoms with Gasteiger partial charge in [-0.25, -0.2) is 0 Å². The van der Waals surface area contributed by atoms with E-state index in [0.29, 0.717) is 0 Å². The Morgan fingerprint density at radius 1 is 0.556 bits per heavy atom. The molecular formula is C42H52IrN2-2. The van der Waals surface area contributed by atoms with Gasteiger partial charge >= 0.3 is 0 Å². The molecule has 0 spiro atoms. The number of hydrogen-bond acceptors (Lipinski definition) is 2. The SMILES string of the molecule is CC1(C)CCC(C)(C)c2cc(-c3cc4c(cn3)C(C)(C)C(C)(C)C(C)(C)C4(C)C)[c-]cc21.[Ir].[c-]1ccccc1-c1ccccn1. The number of fused-ring (bicyclic) bond motifs is 2. The zero-order valence-electron chi connectivity index (χ0n) is 29.6. The van der Waals surface area contributed by atoms with Gasteiger partial charge in [-0.1, -0.05) is 108 Å². The Bertz CT molecular complexity index is 1610. The molecule has 6 rings (SSSR count). The van der Waals surface area contributed by atoms with E-state index in [1.54, 1.807) is 6.20 Å². The predicted octanol–water partition coefficient (Wildman–Crippen LogP) is 11.1. The van der Waals surface area contributed by atoms with Gasteiger partial charge in [-0.3, -0.25) is 0 Å². The molecule has 0 N–H and O–H groups in total. The molecule has 0 saturated heterocycles. The molecule has 0 aliphatic heterocycles. The van der Waals surface area contributed by atoms with Crippen LogP contribution in [0.5, 0.6) is 0 Å². The number of benzene rings is 2. The molecule has 3 heteroatoms. The van der Waals surface area contributed by atoms with E-state index in [9.17, 15) is 0 Å². The molecule has 2 aliphatic carbocycles. The van der Waals surface area contributed by atoms with Crippen LogP contribution in [0.3, 0.4) is 0 Å². The van der Waals surface area contributed by atoms with Crippen molar-refractivity contribution in [2.24, 2.45) is 10.8 Å². The molecule has 2 nitrogen and oxygen atoms in total. The third-order valence-electron chi connectivity index (χ3n) is 12.6. The van der Waals surface area contributed by atoms with E-state index in [0.717, 1.165) is 22.5 Å². The van der Waals surface area contributed by atoms with Gasteiger partial charge in [-0.2, -0.15) is 0 Å². The first-order valence-corrected chi connectivity index (χ1v) is 16.3. The first-order valence-electron chi connectivity index (χ1n) is 16.3. The fourth-order valence-electron chi connectivity index (χ4n) is 7.58. The predicted molar refractivity (Wildman–Crippen MR) is 186 cm³/mol. The van der Waals surface area contributed by atoms with Gasteiger partial charge in [0.25, 0.3) is 0 Å². The molecular weight excluding hydrogens is 725 g/mol. The molecule has 1 radical (unpaired) electrons. The minimum Gasteiger partial charge on any atom is -0.305 e. The zero-order valence-corrected chi connectivity index (χ0v) is 32.0. The largest absolute Gasteiger partial charge is 0.305 e. The van der Waals surface area contributed by atoms with Crippen molar-refractivity contribution in [3.8, 4) is 22.5 Å². The average molecular weight is 777 g/mol. The first kappa shape index (κ1) is 35.2. The molecule has 2 aromatic heterocycles. The van der Waals surface area contributed by atoms with Crippen LogP contribution >= 0.6 is 0 Å². The smallest absolute Gasteiger partial charge is 0.0201 e. The number of nitrogens with zero attached hydrogens (tertiary/aromatic N) is 2. The Kier molecular flexibility index (Phi) is 9.30. The van der Waals surface area contributed by atoms with Crippen LogP contribution in [-0.2, 0) is 41.8 Å². The van der Waals surface area contributed by atoms with Gasteiger partial charge in [-0.05, 0) is 67.5 Å². The van der Waals surface area contributed by atoms with Crippen LogP contribution in [-0.4, -0.2) is 9.97 Å². The van der Waals surface area contributed by atoms with E-state index in [2.05, 4.69) is 125 Å². The maximum Gasteiger partial charge on any atom is 0.0201 e. The van der Waals surface area contributed by atoms with E-state index >= 15 is 0 Å². The monoisotopic (exact) mass is 777 g/mol. The van der Waals surface area contributed by atoms with Crippen molar-refractivity contribution < 1.29 is 20.1 Å². The minimum absolute atomic E-state index is 0. The van der Waals surface area contributed by atoms with Crippen LogP contribution in [0.15, 0.2) is 73.1 Å². The summed E-state index contributed by atoms with van der Waals surface area (Å²) in [6.07, 6.45) is 6.41. The Morgan fingerprint density at radius 3 is 1.73 bits per heavy atom. The maximum atomic E-state index is 5.04. The minimum atomic E-state index is 0. The fraction of sp³-hybridized carbons (Fsp3) is 0.476. The van der Waals surface area contributed by atoms with Crippen molar-refractivity contribution >= 4 is 0 Å². The van der Waals surface area contributed by atoms with Gasteiger partial charge < -0.3 is 9.97 Å². The second-order valence-corrected chi connectivity index (χ2v) is 16.5. The molecule has 0 fully saturated rings. The molecule has 0 unspecified atom stereocenters. The second-order valence-electron chi connectivity index (χ2n) is 16.5. The summed E-state index contributed by atoms with van der Waals surface area (Å²) in [6.45, 7) is 29.0. The average Bonchev–Trinajstić information content (AvgIpc) is 2.99. The maximum absolute atomic E-state index is 5.04. The van der Waals surface area contributed by atoms with Crippen molar-refractivity contribution in [3.63, 3.8) is 0 Å². The van der Waals surface area contributed by atoms with Gasteiger partial charge in [0.1, 0.15) is 0 Å². The summed E-state index contributed by atoms with van der Waals surface area (Å²) in [4.78, 5) is 9.26. The Balaban J connectivity index is 0.000000296. The van der Waals surface area contributed by atoms with Crippen LogP contribution in [0.25, 0.3) is 22.5 Å². The van der Waals surface area contributed by atoms with Crippen molar-refractivity contribution in [2.75, 3.05) is 0 Å². The molecule has 2 heterocycles.